The fraction of sp³-hybridized carbons (Fsp3) is 0.432. The molecule has 1 aliphatic heterocycles. The van der Waals surface area contributed by atoms with Crippen molar-refractivity contribution in [3.63, 3.8) is 0 Å². The Labute approximate surface area is 304 Å². The molecule has 51 heavy (non-hydrogen) atoms. The maximum absolute atomic E-state index is 6.88. The van der Waals surface area contributed by atoms with Crippen LogP contribution in [0.2, 0.25) is 0 Å². The molecule has 0 unspecified atom stereocenters. The lowest BCUT2D eigenvalue weighted by molar-refractivity contribution is -0.240. The minimum atomic E-state index is -0.496. The smallest absolute Gasteiger partial charge is 0.285 e. The first-order valence-corrected chi connectivity index (χ1v) is 18.9. The summed E-state index contributed by atoms with van der Waals surface area (Å²) in [5.41, 5.74) is 4.33. The number of aliphatic imine (C=N–C) groups is 1. The van der Waals surface area contributed by atoms with Gasteiger partial charge in [0.1, 0.15) is 24.4 Å². The van der Waals surface area contributed by atoms with E-state index in [0.717, 1.165) is 28.7 Å². The first-order valence-electron chi connectivity index (χ1n) is 18.9. The molecule has 6 rings (SSSR count). The minimum absolute atomic E-state index is 0.264. The van der Waals surface area contributed by atoms with Gasteiger partial charge >= 0.3 is 0 Å². The average Bonchev–Trinajstić information content (AvgIpc) is 3.61. The summed E-state index contributed by atoms with van der Waals surface area (Å²) in [5, 5.41) is 3.64. The monoisotopic (exact) mass is 690 g/mol. The van der Waals surface area contributed by atoms with Crippen LogP contribution in [0.3, 0.4) is 0 Å². The highest BCUT2D eigenvalue weighted by atomic mass is 16.6. The molecule has 7 nitrogen and oxygen atoms in total. The van der Waals surface area contributed by atoms with Gasteiger partial charge in [-0.05, 0) is 28.7 Å². The molecule has 6 atom stereocenters. The minimum Gasteiger partial charge on any atom is -0.457 e. The number of nitrogens with one attached hydrogen (secondary N) is 1. The number of fused-ring (bicyclic) bond motifs is 1. The van der Waals surface area contributed by atoms with E-state index in [1.807, 2.05) is 72.8 Å². The van der Waals surface area contributed by atoms with Crippen LogP contribution in [-0.4, -0.2) is 49.1 Å². The molecular weight excluding hydrogens is 636 g/mol. The number of unbranched alkanes of at least 4 members (excludes halogenated alkanes) is 6. The standard InChI is InChI=1S/C44H54N2O5/c1-2-3-4-5-6-7-20-29-45-44-46-38-39(47-30-34-21-12-8-13-22-34)41(48-31-35-23-14-9-15-24-35)43(50-33-37-27-18-11-19-28-37)42(40(38)51-44)49-32-36-25-16-10-17-26-36/h8-19,21-28,38-43H,2-7,20,29-33H2,1H3,(H,45,46)/t38-,39-,40-,41+,42-,43-/m0/s1. The summed E-state index contributed by atoms with van der Waals surface area (Å²) in [4.78, 5) is 4.91. The van der Waals surface area contributed by atoms with Gasteiger partial charge in [0.05, 0.1) is 32.5 Å². The van der Waals surface area contributed by atoms with Crippen LogP contribution in [-0.2, 0) is 50.1 Å². The molecule has 0 radical (unpaired) electrons. The Bertz CT molecular complexity index is 1450. The van der Waals surface area contributed by atoms with E-state index in [-0.39, 0.29) is 6.04 Å². The van der Waals surface area contributed by atoms with E-state index in [1.165, 1.54) is 38.5 Å². The van der Waals surface area contributed by atoms with Crippen molar-refractivity contribution in [2.45, 2.75) is 115 Å². The van der Waals surface area contributed by atoms with Gasteiger partial charge in [-0.3, -0.25) is 0 Å². The summed E-state index contributed by atoms with van der Waals surface area (Å²) in [6.07, 6.45) is 6.38. The predicted octanol–water partition coefficient (Wildman–Crippen LogP) is 8.81. The Balaban J connectivity index is 1.28. The molecule has 1 N–H and O–H groups in total. The number of hydrogen-bond donors (Lipinski definition) is 1. The molecule has 0 bridgehead atoms. The second-order valence-corrected chi connectivity index (χ2v) is 13.6. The topological polar surface area (TPSA) is 70.5 Å². The van der Waals surface area contributed by atoms with Gasteiger partial charge in [-0.25, -0.2) is 4.99 Å². The van der Waals surface area contributed by atoms with Crippen LogP contribution in [0.15, 0.2) is 126 Å². The van der Waals surface area contributed by atoms with Crippen molar-refractivity contribution in [1.82, 2.24) is 5.32 Å². The number of rotatable bonds is 20. The molecule has 0 spiro atoms. The van der Waals surface area contributed by atoms with Gasteiger partial charge in [0.15, 0.2) is 6.10 Å². The zero-order valence-corrected chi connectivity index (χ0v) is 30.0. The Kier molecular flexibility index (Phi) is 14.5. The van der Waals surface area contributed by atoms with Crippen LogP contribution >= 0.6 is 0 Å². The predicted molar refractivity (Wildman–Crippen MR) is 202 cm³/mol. The van der Waals surface area contributed by atoms with Crippen LogP contribution in [0.5, 0.6) is 0 Å². The summed E-state index contributed by atoms with van der Waals surface area (Å²) in [5.74, 6) is 0. The molecule has 2 fully saturated rings. The summed E-state index contributed by atoms with van der Waals surface area (Å²) < 4.78 is 34.1. The quantitative estimate of drug-likeness (QED) is 0.0936. The van der Waals surface area contributed by atoms with Crippen molar-refractivity contribution in [3.05, 3.63) is 144 Å². The number of hydrogen-bond acceptors (Lipinski definition) is 6. The van der Waals surface area contributed by atoms with Crippen molar-refractivity contribution in [2.24, 2.45) is 4.99 Å². The molecule has 4 aromatic carbocycles. The summed E-state index contributed by atoms with van der Waals surface area (Å²) >= 11 is 0. The van der Waals surface area contributed by atoms with E-state index in [0.29, 0.717) is 39.0 Å². The van der Waals surface area contributed by atoms with E-state index in [4.69, 9.17) is 28.7 Å². The maximum Gasteiger partial charge on any atom is 0.285 e. The highest BCUT2D eigenvalue weighted by Crippen LogP contribution is 2.36. The molecular formula is C44H54N2O5. The molecule has 4 aromatic rings. The van der Waals surface area contributed by atoms with Gasteiger partial charge in [0.25, 0.3) is 6.02 Å². The van der Waals surface area contributed by atoms with Gasteiger partial charge in [0.2, 0.25) is 0 Å². The largest absolute Gasteiger partial charge is 0.457 e. The van der Waals surface area contributed by atoms with Crippen molar-refractivity contribution in [1.29, 1.82) is 0 Å². The summed E-state index contributed by atoms with van der Waals surface area (Å²) in [6.45, 7) is 4.61. The molecule has 7 heteroatoms. The zero-order valence-electron chi connectivity index (χ0n) is 30.0. The van der Waals surface area contributed by atoms with Gasteiger partial charge in [0, 0.05) is 6.54 Å². The van der Waals surface area contributed by atoms with Crippen LogP contribution in [0.25, 0.3) is 0 Å². The molecule has 1 saturated carbocycles. The second-order valence-electron chi connectivity index (χ2n) is 13.6. The Morgan fingerprint density at radius 3 is 1.35 bits per heavy atom. The third kappa shape index (κ3) is 11.0. The van der Waals surface area contributed by atoms with E-state index >= 15 is 0 Å². The molecule has 270 valence electrons. The van der Waals surface area contributed by atoms with Gasteiger partial charge in [-0.15, -0.1) is 0 Å². The highest BCUT2D eigenvalue weighted by molar-refractivity contribution is 5.76. The maximum atomic E-state index is 6.88. The fourth-order valence-electron chi connectivity index (χ4n) is 6.93. The molecule has 1 heterocycles. The Hall–Kier alpha value is -4.01. The first-order chi connectivity index (χ1) is 25.3. The van der Waals surface area contributed by atoms with Crippen LogP contribution in [0.1, 0.15) is 74.1 Å². The molecule has 1 saturated heterocycles. The third-order valence-electron chi connectivity index (χ3n) is 9.70. The van der Waals surface area contributed by atoms with E-state index < -0.39 is 30.5 Å². The van der Waals surface area contributed by atoms with Crippen LogP contribution < -0.4 is 5.32 Å². The molecule has 0 aromatic heterocycles. The first kappa shape index (κ1) is 36.8. The van der Waals surface area contributed by atoms with Gasteiger partial charge in [-0.2, -0.15) is 0 Å². The van der Waals surface area contributed by atoms with E-state index in [2.05, 4.69) is 60.8 Å². The number of nitrogens with zero attached hydrogens (tertiary/aromatic N) is 1. The van der Waals surface area contributed by atoms with E-state index in [1.54, 1.807) is 0 Å². The second kappa shape index (κ2) is 20.1. The Morgan fingerprint density at radius 2 is 0.882 bits per heavy atom. The number of benzene rings is 4. The van der Waals surface area contributed by atoms with Crippen molar-refractivity contribution < 1.29 is 23.7 Å². The summed E-state index contributed by atoms with van der Waals surface area (Å²) in [6, 6.07) is 41.3. The van der Waals surface area contributed by atoms with Gasteiger partial charge < -0.3 is 29.0 Å². The highest BCUT2D eigenvalue weighted by Gasteiger charge is 2.58. The zero-order chi connectivity index (χ0) is 34.9. The number of amidine groups is 1. The SMILES string of the molecule is CCCCCCCCCN=C1N[C@@H]2[C@H](O1)[C@H](OCc1ccccc1)[C@@H](OCc1ccccc1)[C@H](OCc1ccccc1)[C@H]2OCc1ccccc1. The lowest BCUT2D eigenvalue weighted by Gasteiger charge is -2.46. The molecule has 2 aliphatic rings. The molecule has 1 aliphatic carbocycles. The van der Waals surface area contributed by atoms with Gasteiger partial charge in [-0.1, -0.05) is 167 Å². The van der Waals surface area contributed by atoms with Crippen molar-refractivity contribution >= 4 is 6.02 Å². The fourth-order valence-corrected chi connectivity index (χ4v) is 6.93. The molecule has 0 amide bonds. The third-order valence-corrected chi connectivity index (χ3v) is 9.70. The number of ether oxygens (including phenoxy) is 5. The van der Waals surface area contributed by atoms with Crippen molar-refractivity contribution in [3.8, 4) is 0 Å². The normalized spacial score (nSPS) is 23.4. The average molecular weight is 691 g/mol. The van der Waals surface area contributed by atoms with Crippen LogP contribution in [0, 0.1) is 0 Å². The lowest BCUT2D eigenvalue weighted by atomic mass is 9.82. The Morgan fingerprint density at radius 1 is 0.490 bits per heavy atom. The van der Waals surface area contributed by atoms with Crippen LogP contribution in [0.4, 0.5) is 0 Å². The lowest BCUT2D eigenvalue weighted by Crippen LogP contribution is -2.67. The summed E-state index contributed by atoms with van der Waals surface area (Å²) in [7, 11) is 0. The van der Waals surface area contributed by atoms with Crippen molar-refractivity contribution in [2.75, 3.05) is 6.54 Å². The van der Waals surface area contributed by atoms with E-state index in [9.17, 15) is 0 Å².